The van der Waals surface area contributed by atoms with Gasteiger partial charge >= 0.3 is 0 Å². The second kappa shape index (κ2) is 4.94. The molecule has 19 heavy (non-hydrogen) atoms. The van der Waals surface area contributed by atoms with Crippen LogP contribution in [0.15, 0.2) is 54.9 Å². The lowest BCUT2D eigenvalue weighted by molar-refractivity contribution is 0.398. The van der Waals surface area contributed by atoms with Crippen LogP contribution in [-0.4, -0.2) is 22.3 Å². The van der Waals surface area contributed by atoms with E-state index in [0.29, 0.717) is 5.88 Å². The molecule has 0 radical (unpaired) electrons. The summed E-state index contributed by atoms with van der Waals surface area (Å²) in [6.45, 7) is 0. The van der Waals surface area contributed by atoms with Gasteiger partial charge in [0.15, 0.2) is 0 Å². The van der Waals surface area contributed by atoms with Crippen molar-refractivity contribution in [2.24, 2.45) is 0 Å². The highest BCUT2D eigenvalue weighted by molar-refractivity contribution is 5.70. The van der Waals surface area contributed by atoms with Gasteiger partial charge in [-0.1, -0.05) is 18.2 Å². The van der Waals surface area contributed by atoms with Crippen LogP contribution in [-0.2, 0) is 0 Å². The molecular formula is C15H13N3O. The van der Waals surface area contributed by atoms with E-state index < -0.39 is 0 Å². The Morgan fingerprint density at radius 3 is 2.58 bits per heavy atom. The topological polar surface area (TPSA) is 50.8 Å². The van der Waals surface area contributed by atoms with Crippen molar-refractivity contribution >= 4 is 0 Å². The van der Waals surface area contributed by atoms with Gasteiger partial charge in [-0.25, -0.2) is 4.98 Å². The number of aromatic nitrogens is 3. The molecule has 0 unspecified atom stereocenters. The van der Waals surface area contributed by atoms with Gasteiger partial charge in [0, 0.05) is 29.6 Å². The van der Waals surface area contributed by atoms with Crippen molar-refractivity contribution in [2.75, 3.05) is 7.11 Å². The fraction of sp³-hybridized carbons (Fsp3) is 0.0667. The van der Waals surface area contributed by atoms with Crippen LogP contribution < -0.4 is 4.74 Å². The molecule has 0 aliphatic heterocycles. The summed E-state index contributed by atoms with van der Waals surface area (Å²) in [6, 6.07) is 14.0. The van der Waals surface area contributed by atoms with Crippen LogP contribution in [0.25, 0.3) is 22.4 Å². The molecule has 0 aliphatic rings. The second-order valence-electron chi connectivity index (χ2n) is 4.14. The van der Waals surface area contributed by atoms with Crippen LogP contribution in [0, 0.1) is 0 Å². The first-order valence-electron chi connectivity index (χ1n) is 5.97. The summed E-state index contributed by atoms with van der Waals surface area (Å²) in [7, 11) is 1.61. The number of hydrogen-bond donors (Lipinski definition) is 1. The van der Waals surface area contributed by atoms with E-state index in [1.165, 1.54) is 0 Å². The van der Waals surface area contributed by atoms with Crippen molar-refractivity contribution in [1.82, 2.24) is 15.2 Å². The first-order chi connectivity index (χ1) is 9.36. The molecule has 3 rings (SSSR count). The SMILES string of the molecule is COc1ccc(-c2cccc(-c3ccn[nH]3)c2)cn1. The van der Waals surface area contributed by atoms with Gasteiger partial charge in [0.25, 0.3) is 0 Å². The average molecular weight is 251 g/mol. The van der Waals surface area contributed by atoms with E-state index in [1.54, 1.807) is 13.3 Å². The summed E-state index contributed by atoms with van der Waals surface area (Å²) in [5, 5.41) is 6.93. The van der Waals surface area contributed by atoms with Crippen molar-refractivity contribution in [2.45, 2.75) is 0 Å². The molecular weight excluding hydrogens is 238 g/mol. The van der Waals surface area contributed by atoms with E-state index in [1.807, 2.05) is 36.5 Å². The zero-order valence-electron chi connectivity index (χ0n) is 10.5. The van der Waals surface area contributed by atoms with Crippen molar-refractivity contribution in [3.8, 4) is 28.3 Å². The minimum absolute atomic E-state index is 0.619. The number of hydrogen-bond acceptors (Lipinski definition) is 3. The normalized spacial score (nSPS) is 10.4. The molecule has 0 spiro atoms. The van der Waals surface area contributed by atoms with Crippen LogP contribution in [0.1, 0.15) is 0 Å². The summed E-state index contributed by atoms with van der Waals surface area (Å²) in [6.07, 6.45) is 3.56. The summed E-state index contributed by atoms with van der Waals surface area (Å²) >= 11 is 0. The maximum Gasteiger partial charge on any atom is 0.212 e. The Labute approximate surface area is 111 Å². The zero-order valence-corrected chi connectivity index (χ0v) is 10.5. The van der Waals surface area contributed by atoms with Gasteiger partial charge in [-0.15, -0.1) is 0 Å². The lowest BCUT2D eigenvalue weighted by Crippen LogP contribution is -1.87. The predicted molar refractivity (Wildman–Crippen MR) is 73.8 cm³/mol. The van der Waals surface area contributed by atoms with Gasteiger partial charge in [0.05, 0.1) is 12.8 Å². The molecule has 0 aliphatic carbocycles. The molecule has 0 amide bonds. The molecule has 1 aromatic carbocycles. The second-order valence-corrected chi connectivity index (χ2v) is 4.14. The van der Waals surface area contributed by atoms with Crippen molar-refractivity contribution in [1.29, 1.82) is 0 Å². The van der Waals surface area contributed by atoms with Crippen LogP contribution in [0.2, 0.25) is 0 Å². The standard InChI is InChI=1S/C15H13N3O/c1-19-15-6-5-13(10-16-15)11-3-2-4-12(9-11)14-7-8-17-18-14/h2-10H,1H3,(H,17,18). The molecule has 2 heterocycles. The maximum atomic E-state index is 5.06. The number of nitrogens with one attached hydrogen (secondary N) is 1. The Morgan fingerprint density at radius 2 is 1.89 bits per heavy atom. The number of ether oxygens (including phenoxy) is 1. The van der Waals surface area contributed by atoms with Crippen LogP contribution in [0.5, 0.6) is 5.88 Å². The monoisotopic (exact) mass is 251 g/mol. The van der Waals surface area contributed by atoms with Crippen LogP contribution >= 0.6 is 0 Å². The fourth-order valence-corrected chi connectivity index (χ4v) is 1.95. The highest BCUT2D eigenvalue weighted by Gasteiger charge is 2.03. The number of H-pyrrole nitrogens is 1. The molecule has 1 N–H and O–H groups in total. The lowest BCUT2D eigenvalue weighted by Gasteiger charge is -2.05. The van der Waals surface area contributed by atoms with Gasteiger partial charge < -0.3 is 4.74 Å². The Bertz CT molecular complexity index is 660. The van der Waals surface area contributed by atoms with Gasteiger partial charge in [-0.3, -0.25) is 5.10 Å². The molecule has 4 nitrogen and oxygen atoms in total. The maximum absolute atomic E-state index is 5.06. The molecule has 0 bridgehead atoms. The number of rotatable bonds is 3. The summed E-state index contributed by atoms with van der Waals surface area (Å²) < 4.78 is 5.06. The van der Waals surface area contributed by atoms with E-state index in [9.17, 15) is 0 Å². The summed E-state index contributed by atoms with van der Waals surface area (Å²) in [5.74, 6) is 0.619. The van der Waals surface area contributed by atoms with Crippen molar-refractivity contribution in [3.05, 3.63) is 54.9 Å². The third-order valence-electron chi connectivity index (χ3n) is 2.95. The highest BCUT2D eigenvalue weighted by atomic mass is 16.5. The molecule has 94 valence electrons. The third-order valence-corrected chi connectivity index (χ3v) is 2.95. The van der Waals surface area contributed by atoms with E-state index in [-0.39, 0.29) is 0 Å². The molecule has 4 heteroatoms. The minimum Gasteiger partial charge on any atom is -0.481 e. The zero-order chi connectivity index (χ0) is 13.1. The molecule has 2 aromatic heterocycles. The number of benzene rings is 1. The third kappa shape index (κ3) is 2.33. The van der Waals surface area contributed by atoms with Gasteiger partial charge in [-0.05, 0) is 23.8 Å². The van der Waals surface area contributed by atoms with Gasteiger partial charge in [-0.2, -0.15) is 5.10 Å². The van der Waals surface area contributed by atoms with Crippen molar-refractivity contribution < 1.29 is 4.74 Å². The summed E-state index contributed by atoms with van der Waals surface area (Å²) in [5.41, 5.74) is 4.28. The molecule has 3 aromatic rings. The number of aromatic amines is 1. The van der Waals surface area contributed by atoms with Gasteiger partial charge in [0.2, 0.25) is 5.88 Å². The molecule has 0 fully saturated rings. The highest BCUT2D eigenvalue weighted by Crippen LogP contribution is 2.25. The number of nitrogens with zero attached hydrogens (tertiary/aromatic N) is 2. The predicted octanol–water partition coefficient (Wildman–Crippen LogP) is 3.15. The minimum atomic E-state index is 0.619. The lowest BCUT2D eigenvalue weighted by atomic mass is 10.0. The number of methoxy groups -OCH3 is 1. The molecule has 0 atom stereocenters. The first-order valence-corrected chi connectivity index (χ1v) is 5.97. The Balaban J connectivity index is 1.98. The molecule has 0 saturated heterocycles. The quantitative estimate of drug-likeness (QED) is 0.778. The largest absolute Gasteiger partial charge is 0.481 e. The Morgan fingerprint density at radius 1 is 1.00 bits per heavy atom. The smallest absolute Gasteiger partial charge is 0.212 e. The molecule has 0 saturated carbocycles. The van der Waals surface area contributed by atoms with Crippen LogP contribution in [0.4, 0.5) is 0 Å². The number of pyridine rings is 1. The Kier molecular flexibility index (Phi) is 2.98. The fourth-order valence-electron chi connectivity index (χ4n) is 1.95. The van der Waals surface area contributed by atoms with E-state index >= 15 is 0 Å². The van der Waals surface area contributed by atoms with E-state index in [0.717, 1.165) is 22.4 Å². The van der Waals surface area contributed by atoms with Gasteiger partial charge in [0.1, 0.15) is 0 Å². The first kappa shape index (κ1) is 11.5. The van der Waals surface area contributed by atoms with Crippen molar-refractivity contribution in [3.63, 3.8) is 0 Å². The summed E-state index contributed by atoms with van der Waals surface area (Å²) in [4.78, 5) is 4.22. The Hall–Kier alpha value is -2.62. The average Bonchev–Trinajstić information content (AvgIpc) is 3.02. The van der Waals surface area contributed by atoms with E-state index in [2.05, 4.69) is 27.3 Å². The van der Waals surface area contributed by atoms with Crippen LogP contribution in [0.3, 0.4) is 0 Å². The van der Waals surface area contributed by atoms with E-state index in [4.69, 9.17) is 4.74 Å².